The zero-order valence-electron chi connectivity index (χ0n) is 18.6. The average Bonchev–Trinajstić information content (AvgIpc) is 2.80. The molecule has 2 aromatic rings. The molecule has 5 rings (SSSR count). The summed E-state index contributed by atoms with van der Waals surface area (Å²) >= 11 is 0. The van der Waals surface area contributed by atoms with Crippen molar-refractivity contribution in [1.82, 2.24) is 9.88 Å². The summed E-state index contributed by atoms with van der Waals surface area (Å²) in [6.07, 6.45) is 11.6. The number of pyridine rings is 1. The molecule has 0 radical (unpaired) electrons. The molecule has 31 heavy (non-hydrogen) atoms. The fraction of sp³-hybridized carbons (Fsp3) is 0.538. The summed E-state index contributed by atoms with van der Waals surface area (Å²) in [5, 5.41) is 0. The van der Waals surface area contributed by atoms with Crippen molar-refractivity contribution < 1.29 is 9.53 Å². The summed E-state index contributed by atoms with van der Waals surface area (Å²) < 4.78 is 4.77. The van der Waals surface area contributed by atoms with Crippen molar-refractivity contribution in [2.24, 2.45) is 5.41 Å². The lowest BCUT2D eigenvalue weighted by atomic mass is 9.70. The van der Waals surface area contributed by atoms with Crippen LogP contribution in [0, 0.1) is 5.41 Å². The fourth-order valence-corrected chi connectivity index (χ4v) is 5.49. The van der Waals surface area contributed by atoms with Crippen molar-refractivity contribution in [3.05, 3.63) is 48.2 Å². The Bertz CT molecular complexity index is 887. The molecule has 3 heterocycles. The molecule has 0 N–H and O–H groups in total. The number of aromatic nitrogens is 1. The SMILES string of the molecule is COC(=O)c1ccc(-c2ccc(N3CCC4(CC3)CCN(C3CCC3)CC4)nc2)cc1. The Kier molecular flexibility index (Phi) is 5.70. The molecule has 1 spiro atoms. The van der Waals surface area contributed by atoms with Crippen LogP contribution in [0.2, 0.25) is 0 Å². The molecule has 5 heteroatoms. The van der Waals surface area contributed by atoms with Crippen molar-refractivity contribution in [2.45, 2.75) is 51.0 Å². The highest BCUT2D eigenvalue weighted by Gasteiger charge is 2.39. The van der Waals surface area contributed by atoms with E-state index < -0.39 is 0 Å². The Morgan fingerprint density at radius 1 is 0.935 bits per heavy atom. The molecule has 0 amide bonds. The van der Waals surface area contributed by atoms with Gasteiger partial charge in [-0.2, -0.15) is 0 Å². The number of hydrogen-bond donors (Lipinski definition) is 0. The van der Waals surface area contributed by atoms with E-state index in [0.29, 0.717) is 11.0 Å². The molecule has 3 aliphatic rings. The van der Waals surface area contributed by atoms with Gasteiger partial charge in [0.25, 0.3) is 0 Å². The Morgan fingerprint density at radius 2 is 1.58 bits per heavy atom. The van der Waals surface area contributed by atoms with Crippen LogP contribution in [0.5, 0.6) is 0 Å². The number of nitrogens with zero attached hydrogens (tertiary/aromatic N) is 3. The number of rotatable bonds is 4. The quantitative estimate of drug-likeness (QED) is 0.668. The van der Waals surface area contributed by atoms with E-state index >= 15 is 0 Å². The average molecular weight is 420 g/mol. The van der Waals surface area contributed by atoms with Gasteiger partial charge in [-0.05, 0) is 86.9 Å². The number of carbonyl (C=O) groups excluding carboxylic acids is 1. The van der Waals surface area contributed by atoms with E-state index in [1.165, 1.54) is 65.1 Å². The van der Waals surface area contributed by atoms with Gasteiger partial charge in [0.1, 0.15) is 5.82 Å². The largest absolute Gasteiger partial charge is 0.465 e. The van der Waals surface area contributed by atoms with E-state index in [1.807, 2.05) is 18.3 Å². The maximum Gasteiger partial charge on any atom is 0.337 e. The first kappa shape index (κ1) is 20.5. The number of methoxy groups -OCH3 is 1. The zero-order valence-corrected chi connectivity index (χ0v) is 18.6. The summed E-state index contributed by atoms with van der Waals surface area (Å²) in [5.74, 6) is 0.772. The van der Waals surface area contributed by atoms with Crippen molar-refractivity contribution in [2.75, 3.05) is 38.2 Å². The van der Waals surface area contributed by atoms with E-state index in [-0.39, 0.29) is 5.97 Å². The predicted octanol–water partition coefficient (Wildman–Crippen LogP) is 4.77. The Balaban J connectivity index is 1.17. The number of esters is 1. The Hall–Kier alpha value is -2.40. The highest BCUT2D eigenvalue weighted by Crippen LogP contribution is 2.43. The normalized spacial score (nSPS) is 21.6. The number of benzene rings is 1. The number of ether oxygens (including phenoxy) is 1. The minimum absolute atomic E-state index is 0.309. The van der Waals surface area contributed by atoms with Crippen molar-refractivity contribution in [3.8, 4) is 11.1 Å². The van der Waals surface area contributed by atoms with Gasteiger partial charge < -0.3 is 14.5 Å². The first-order chi connectivity index (χ1) is 15.2. The van der Waals surface area contributed by atoms with E-state index in [1.54, 1.807) is 12.1 Å². The van der Waals surface area contributed by atoms with Gasteiger partial charge in [-0.3, -0.25) is 0 Å². The van der Waals surface area contributed by atoms with Gasteiger partial charge in [0.05, 0.1) is 12.7 Å². The maximum atomic E-state index is 11.6. The standard InChI is InChI=1S/C26H33N3O2/c1-31-25(30)21-7-5-20(6-8-21)22-9-10-24(27-19-22)29-17-13-26(14-18-29)11-15-28(16-12-26)23-3-2-4-23/h5-10,19,23H,2-4,11-18H2,1H3. The molecule has 1 aromatic heterocycles. The van der Waals surface area contributed by atoms with Gasteiger partial charge >= 0.3 is 5.97 Å². The number of carbonyl (C=O) groups is 1. The first-order valence-corrected chi connectivity index (χ1v) is 11.8. The van der Waals surface area contributed by atoms with Crippen LogP contribution in [0.4, 0.5) is 5.82 Å². The number of hydrogen-bond acceptors (Lipinski definition) is 5. The van der Waals surface area contributed by atoms with Crippen LogP contribution in [-0.4, -0.2) is 55.2 Å². The summed E-state index contributed by atoms with van der Waals surface area (Å²) in [6.45, 7) is 4.85. The molecule has 0 unspecified atom stereocenters. The third-order valence-electron chi connectivity index (χ3n) is 7.99. The van der Waals surface area contributed by atoms with Crippen LogP contribution >= 0.6 is 0 Å². The molecule has 2 aliphatic heterocycles. The van der Waals surface area contributed by atoms with E-state index in [2.05, 4.69) is 21.9 Å². The molecule has 2 saturated heterocycles. The van der Waals surface area contributed by atoms with Gasteiger partial charge in [-0.25, -0.2) is 9.78 Å². The maximum absolute atomic E-state index is 11.6. The van der Waals surface area contributed by atoms with Crippen LogP contribution in [-0.2, 0) is 4.74 Å². The fourth-order valence-electron chi connectivity index (χ4n) is 5.49. The number of anilines is 1. The van der Waals surface area contributed by atoms with Crippen LogP contribution in [0.25, 0.3) is 11.1 Å². The van der Waals surface area contributed by atoms with Crippen LogP contribution < -0.4 is 4.90 Å². The topological polar surface area (TPSA) is 45.7 Å². The van der Waals surface area contributed by atoms with E-state index in [0.717, 1.165) is 36.1 Å². The predicted molar refractivity (Wildman–Crippen MR) is 123 cm³/mol. The summed E-state index contributed by atoms with van der Waals surface area (Å²) in [5.41, 5.74) is 3.26. The highest BCUT2D eigenvalue weighted by molar-refractivity contribution is 5.89. The molecule has 0 atom stereocenters. The smallest absolute Gasteiger partial charge is 0.337 e. The second-order valence-electron chi connectivity index (χ2n) is 9.58. The van der Waals surface area contributed by atoms with E-state index in [9.17, 15) is 4.79 Å². The first-order valence-electron chi connectivity index (χ1n) is 11.8. The van der Waals surface area contributed by atoms with Crippen molar-refractivity contribution in [1.29, 1.82) is 0 Å². The number of piperidine rings is 2. The second-order valence-corrected chi connectivity index (χ2v) is 9.58. The van der Waals surface area contributed by atoms with Crippen LogP contribution in [0.1, 0.15) is 55.3 Å². The van der Waals surface area contributed by atoms with Gasteiger partial charge in [0, 0.05) is 30.9 Å². The molecule has 0 bridgehead atoms. The molecular weight excluding hydrogens is 386 g/mol. The van der Waals surface area contributed by atoms with Crippen molar-refractivity contribution >= 4 is 11.8 Å². The third kappa shape index (κ3) is 4.20. The zero-order chi connectivity index (χ0) is 21.3. The lowest BCUT2D eigenvalue weighted by Gasteiger charge is -2.50. The monoisotopic (exact) mass is 419 g/mol. The van der Waals surface area contributed by atoms with Gasteiger partial charge in [0.2, 0.25) is 0 Å². The Morgan fingerprint density at radius 3 is 2.13 bits per heavy atom. The molecule has 1 aliphatic carbocycles. The van der Waals surface area contributed by atoms with Crippen LogP contribution in [0.3, 0.4) is 0 Å². The lowest BCUT2D eigenvalue weighted by molar-refractivity contribution is 0.0305. The summed E-state index contributed by atoms with van der Waals surface area (Å²) in [7, 11) is 1.40. The highest BCUT2D eigenvalue weighted by atomic mass is 16.5. The molecule has 164 valence electrons. The summed E-state index contributed by atoms with van der Waals surface area (Å²) in [4.78, 5) is 21.6. The second kappa shape index (κ2) is 8.62. The van der Waals surface area contributed by atoms with Gasteiger partial charge in [-0.15, -0.1) is 0 Å². The third-order valence-corrected chi connectivity index (χ3v) is 7.99. The molecule has 1 aromatic carbocycles. The number of likely N-dealkylation sites (tertiary alicyclic amines) is 1. The van der Waals surface area contributed by atoms with Crippen molar-refractivity contribution in [3.63, 3.8) is 0 Å². The molecule has 3 fully saturated rings. The Labute approximate surface area is 185 Å². The van der Waals surface area contributed by atoms with Crippen LogP contribution in [0.15, 0.2) is 42.6 Å². The molecular formula is C26H33N3O2. The lowest BCUT2D eigenvalue weighted by Crippen LogP contribution is -2.51. The minimum atomic E-state index is -0.309. The van der Waals surface area contributed by atoms with Gasteiger partial charge in [-0.1, -0.05) is 18.6 Å². The molecule has 5 nitrogen and oxygen atoms in total. The summed E-state index contributed by atoms with van der Waals surface area (Å²) in [6, 6.07) is 12.7. The van der Waals surface area contributed by atoms with E-state index in [4.69, 9.17) is 9.72 Å². The molecule has 1 saturated carbocycles. The van der Waals surface area contributed by atoms with Gasteiger partial charge in [0.15, 0.2) is 0 Å². The minimum Gasteiger partial charge on any atom is -0.465 e.